The molecule has 0 radical (unpaired) electrons. The lowest BCUT2D eigenvalue weighted by molar-refractivity contribution is -0.138. The molecule has 1 aliphatic rings. The van der Waals surface area contributed by atoms with Crippen LogP contribution >= 0.6 is 11.8 Å². The topological polar surface area (TPSA) is 59.5 Å². The highest BCUT2D eigenvalue weighted by atomic mass is 32.2. The highest BCUT2D eigenvalue weighted by Crippen LogP contribution is 2.30. The zero-order valence-electron chi connectivity index (χ0n) is 15.9. The molecule has 0 bridgehead atoms. The number of esters is 1. The highest BCUT2D eigenvalue weighted by Gasteiger charge is 2.27. The molecule has 27 heavy (non-hydrogen) atoms. The average molecular weight is 385 g/mol. The molecule has 1 aromatic carbocycles. The van der Waals surface area contributed by atoms with Crippen LogP contribution in [0.25, 0.3) is 0 Å². The molecule has 142 valence electrons. The van der Waals surface area contributed by atoms with E-state index in [1.807, 2.05) is 6.07 Å². The van der Waals surface area contributed by atoms with Crippen LogP contribution in [-0.4, -0.2) is 41.0 Å². The van der Waals surface area contributed by atoms with Crippen molar-refractivity contribution in [2.45, 2.75) is 49.6 Å². The average Bonchev–Trinajstić information content (AvgIpc) is 3.19. The van der Waals surface area contributed by atoms with Crippen LogP contribution in [0.5, 0.6) is 0 Å². The monoisotopic (exact) mass is 384 g/mol. The first-order valence-corrected chi connectivity index (χ1v) is 9.97. The van der Waals surface area contributed by atoms with Crippen LogP contribution < -0.4 is 0 Å². The lowest BCUT2D eigenvalue weighted by Crippen LogP contribution is -2.38. The lowest BCUT2D eigenvalue weighted by Gasteiger charge is -2.20. The number of nitrogens with zero attached hydrogens (tertiary/aromatic N) is 2. The zero-order valence-corrected chi connectivity index (χ0v) is 16.7. The van der Waals surface area contributed by atoms with Gasteiger partial charge in [0, 0.05) is 24.2 Å². The number of rotatable bonds is 5. The fourth-order valence-corrected chi connectivity index (χ4v) is 3.96. The lowest BCUT2D eigenvalue weighted by atomic mass is 10.1. The van der Waals surface area contributed by atoms with Crippen molar-refractivity contribution in [2.75, 3.05) is 13.1 Å². The summed E-state index contributed by atoms with van der Waals surface area (Å²) in [6.45, 7) is 7.22. The Balaban J connectivity index is 1.73. The quantitative estimate of drug-likeness (QED) is 0.729. The molecule has 0 unspecified atom stereocenters. The number of amides is 1. The van der Waals surface area contributed by atoms with E-state index in [2.05, 4.69) is 31.0 Å². The Morgan fingerprint density at radius 1 is 1.15 bits per heavy atom. The molecule has 1 aromatic heterocycles. The van der Waals surface area contributed by atoms with E-state index in [4.69, 9.17) is 4.74 Å². The predicted molar refractivity (Wildman–Crippen MR) is 105 cm³/mol. The second kappa shape index (κ2) is 8.57. The summed E-state index contributed by atoms with van der Waals surface area (Å²) >= 11 is 1.42. The number of aryl methyl sites for hydroxylation is 2. The van der Waals surface area contributed by atoms with Gasteiger partial charge in [0.25, 0.3) is 5.91 Å². The van der Waals surface area contributed by atoms with Crippen molar-refractivity contribution in [1.29, 1.82) is 0 Å². The molecule has 6 heteroatoms. The number of aromatic nitrogens is 1. The Kier molecular flexibility index (Phi) is 6.16. The van der Waals surface area contributed by atoms with Crippen molar-refractivity contribution in [2.24, 2.45) is 0 Å². The second-order valence-electron chi connectivity index (χ2n) is 6.78. The molecule has 3 rings (SSSR count). The third-order valence-electron chi connectivity index (χ3n) is 4.73. The molecule has 0 saturated carbocycles. The van der Waals surface area contributed by atoms with Crippen molar-refractivity contribution in [1.82, 2.24) is 9.88 Å². The maximum Gasteiger partial charge on any atom is 0.341 e. The largest absolute Gasteiger partial charge is 0.449 e. The summed E-state index contributed by atoms with van der Waals surface area (Å²) in [5.74, 6) is -0.650. The molecule has 5 nitrogen and oxygen atoms in total. The molecule has 1 amide bonds. The molecule has 1 fully saturated rings. The van der Waals surface area contributed by atoms with Crippen LogP contribution in [0.2, 0.25) is 0 Å². The summed E-state index contributed by atoms with van der Waals surface area (Å²) < 4.78 is 5.45. The van der Waals surface area contributed by atoms with E-state index >= 15 is 0 Å². The molecule has 2 heterocycles. The molecule has 0 spiro atoms. The molecule has 2 aromatic rings. The number of hydrogen-bond donors (Lipinski definition) is 0. The van der Waals surface area contributed by atoms with E-state index in [0.29, 0.717) is 10.6 Å². The predicted octanol–water partition coefficient (Wildman–Crippen LogP) is 4.02. The van der Waals surface area contributed by atoms with Crippen LogP contribution in [0.4, 0.5) is 0 Å². The van der Waals surface area contributed by atoms with Gasteiger partial charge in [-0.05, 0) is 69.0 Å². The first-order chi connectivity index (χ1) is 13.0. The van der Waals surface area contributed by atoms with Crippen LogP contribution in [0.1, 0.15) is 41.3 Å². The molecule has 1 atom stereocenters. The number of carbonyl (C=O) groups excluding carboxylic acids is 2. The van der Waals surface area contributed by atoms with Gasteiger partial charge in [-0.3, -0.25) is 4.79 Å². The van der Waals surface area contributed by atoms with E-state index < -0.39 is 12.1 Å². The summed E-state index contributed by atoms with van der Waals surface area (Å²) in [5, 5.41) is 0.576. The number of carbonyl (C=O) groups is 2. The fraction of sp³-hybridized carbons (Fsp3) is 0.381. The van der Waals surface area contributed by atoms with Crippen LogP contribution in [-0.2, 0) is 9.53 Å². The van der Waals surface area contributed by atoms with Crippen molar-refractivity contribution < 1.29 is 14.3 Å². The van der Waals surface area contributed by atoms with Gasteiger partial charge in [0.05, 0.1) is 5.56 Å². The van der Waals surface area contributed by atoms with Gasteiger partial charge in [0.1, 0.15) is 5.03 Å². The van der Waals surface area contributed by atoms with Crippen LogP contribution in [0.3, 0.4) is 0 Å². The van der Waals surface area contributed by atoms with Gasteiger partial charge in [-0.15, -0.1) is 0 Å². The van der Waals surface area contributed by atoms with Crippen molar-refractivity contribution >= 4 is 23.6 Å². The van der Waals surface area contributed by atoms with Crippen LogP contribution in [0.15, 0.2) is 46.5 Å². The van der Waals surface area contributed by atoms with Gasteiger partial charge in [-0.1, -0.05) is 17.8 Å². The normalized spacial score (nSPS) is 14.9. The van der Waals surface area contributed by atoms with E-state index in [1.54, 1.807) is 30.2 Å². The standard InChI is InChI=1S/C21H24N2O3S/c1-14-8-9-17(13-15(14)2)27-19-18(7-6-10-22-19)21(25)26-16(3)20(24)23-11-4-5-12-23/h6-10,13,16H,4-5,11-12H2,1-3H3/t16-/m1/s1. The van der Waals surface area contributed by atoms with E-state index in [-0.39, 0.29) is 5.91 Å². The molecule has 0 aliphatic carbocycles. The smallest absolute Gasteiger partial charge is 0.341 e. The molecule has 1 saturated heterocycles. The first-order valence-electron chi connectivity index (χ1n) is 9.15. The maximum atomic E-state index is 12.7. The highest BCUT2D eigenvalue weighted by molar-refractivity contribution is 7.99. The summed E-state index contributed by atoms with van der Waals surface area (Å²) in [7, 11) is 0. The molecule has 1 aliphatic heterocycles. The summed E-state index contributed by atoms with van der Waals surface area (Å²) in [6, 6.07) is 9.52. The number of likely N-dealkylation sites (tertiary alicyclic amines) is 1. The van der Waals surface area contributed by atoms with Crippen molar-refractivity contribution in [3.63, 3.8) is 0 Å². The minimum absolute atomic E-state index is 0.131. The molecular weight excluding hydrogens is 360 g/mol. The minimum atomic E-state index is -0.796. The number of ether oxygens (including phenoxy) is 1. The SMILES string of the molecule is Cc1ccc(Sc2ncccc2C(=O)O[C@H](C)C(=O)N2CCCC2)cc1C. The maximum absolute atomic E-state index is 12.7. The van der Waals surface area contributed by atoms with Gasteiger partial charge in [0.15, 0.2) is 6.10 Å². The Morgan fingerprint density at radius 2 is 1.89 bits per heavy atom. The Labute approximate surface area is 164 Å². The van der Waals surface area contributed by atoms with Gasteiger partial charge < -0.3 is 9.64 Å². The Hall–Kier alpha value is -2.34. The number of pyridine rings is 1. The van der Waals surface area contributed by atoms with E-state index in [0.717, 1.165) is 30.8 Å². The van der Waals surface area contributed by atoms with Crippen molar-refractivity contribution in [3.05, 3.63) is 53.2 Å². The van der Waals surface area contributed by atoms with E-state index in [9.17, 15) is 9.59 Å². The summed E-state index contributed by atoms with van der Waals surface area (Å²) in [4.78, 5) is 32.2. The summed E-state index contributed by atoms with van der Waals surface area (Å²) in [5.41, 5.74) is 2.78. The van der Waals surface area contributed by atoms with Gasteiger partial charge in [0.2, 0.25) is 0 Å². The minimum Gasteiger partial charge on any atom is -0.449 e. The Morgan fingerprint density at radius 3 is 2.59 bits per heavy atom. The summed E-state index contributed by atoms with van der Waals surface area (Å²) in [6.07, 6.45) is 2.87. The van der Waals surface area contributed by atoms with Gasteiger partial charge >= 0.3 is 5.97 Å². The van der Waals surface area contributed by atoms with Crippen molar-refractivity contribution in [3.8, 4) is 0 Å². The third-order valence-corrected chi connectivity index (χ3v) is 5.74. The molecule has 0 N–H and O–H groups in total. The third kappa shape index (κ3) is 4.69. The van der Waals surface area contributed by atoms with Gasteiger partial charge in [-0.25, -0.2) is 9.78 Å². The first kappa shape index (κ1) is 19.4. The fourth-order valence-electron chi connectivity index (χ4n) is 2.99. The second-order valence-corrected chi connectivity index (χ2v) is 7.85. The molecular formula is C21H24N2O3S. The zero-order chi connectivity index (χ0) is 19.4. The number of benzene rings is 1. The number of hydrogen-bond acceptors (Lipinski definition) is 5. The Bertz CT molecular complexity index is 847. The van der Waals surface area contributed by atoms with Gasteiger partial charge in [-0.2, -0.15) is 0 Å². The van der Waals surface area contributed by atoms with Crippen LogP contribution in [0, 0.1) is 13.8 Å². The van der Waals surface area contributed by atoms with E-state index in [1.165, 1.54) is 22.9 Å².